The fourth-order valence-corrected chi connectivity index (χ4v) is 1.97. The number of benzene rings is 1. The standard InChI is InChI=1S/C14H17ClN2O3/c1-9(16)13-5-10(15)3-4-14(13)19-7-11-6-12(8-18-2)20-17-11/h3-6,9H,7-8,16H2,1-2H3/t9-/m1/s1. The van der Waals surface area contributed by atoms with Crippen LogP contribution in [0.1, 0.15) is 30.0 Å². The first-order valence-corrected chi connectivity index (χ1v) is 6.59. The second-order valence-electron chi connectivity index (χ2n) is 4.48. The summed E-state index contributed by atoms with van der Waals surface area (Å²) in [5.74, 6) is 1.36. The molecule has 1 aromatic heterocycles. The normalized spacial score (nSPS) is 12.4. The van der Waals surface area contributed by atoms with E-state index < -0.39 is 0 Å². The fraction of sp³-hybridized carbons (Fsp3) is 0.357. The molecule has 0 aliphatic heterocycles. The van der Waals surface area contributed by atoms with Crippen LogP contribution in [-0.4, -0.2) is 12.3 Å². The van der Waals surface area contributed by atoms with Gasteiger partial charge in [0.05, 0.1) is 0 Å². The number of ether oxygens (including phenoxy) is 2. The van der Waals surface area contributed by atoms with E-state index in [0.29, 0.717) is 35.4 Å². The average Bonchev–Trinajstić information content (AvgIpc) is 2.85. The molecule has 1 heterocycles. The molecule has 6 heteroatoms. The largest absolute Gasteiger partial charge is 0.487 e. The highest BCUT2D eigenvalue weighted by molar-refractivity contribution is 6.30. The van der Waals surface area contributed by atoms with Gasteiger partial charge in [-0.3, -0.25) is 0 Å². The quantitative estimate of drug-likeness (QED) is 0.887. The Kier molecular flexibility index (Phi) is 5.00. The molecule has 108 valence electrons. The van der Waals surface area contributed by atoms with E-state index in [2.05, 4.69) is 5.16 Å². The van der Waals surface area contributed by atoms with Crippen molar-refractivity contribution in [2.75, 3.05) is 7.11 Å². The van der Waals surface area contributed by atoms with Gasteiger partial charge in [0.15, 0.2) is 5.76 Å². The lowest BCUT2D eigenvalue weighted by Crippen LogP contribution is -2.08. The molecule has 0 bridgehead atoms. The molecular weight excluding hydrogens is 280 g/mol. The zero-order valence-electron chi connectivity index (χ0n) is 11.4. The second-order valence-corrected chi connectivity index (χ2v) is 4.91. The Morgan fingerprint density at radius 3 is 2.85 bits per heavy atom. The molecule has 2 aromatic rings. The first-order valence-electron chi connectivity index (χ1n) is 6.21. The summed E-state index contributed by atoms with van der Waals surface area (Å²) in [5.41, 5.74) is 7.46. The summed E-state index contributed by atoms with van der Waals surface area (Å²) in [4.78, 5) is 0. The van der Waals surface area contributed by atoms with Gasteiger partial charge in [-0.1, -0.05) is 16.8 Å². The van der Waals surface area contributed by atoms with Crippen molar-refractivity contribution in [2.45, 2.75) is 26.2 Å². The van der Waals surface area contributed by atoms with Gasteiger partial charge >= 0.3 is 0 Å². The third-order valence-corrected chi connectivity index (χ3v) is 2.97. The minimum atomic E-state index is -0.162. The van der Waals surface area contributed by atoms with Crippen molar-refractivity contribution in [1.82, 2.24) is 5.16 Å². The fourth-order valence-electron chi connectivity index (χ4n) is 1.79. The third-order valence-electron chi connectivity index (χ3n) is 2.73. The van der Waals surface area contributed by atoms with Crippen molar-refractivity contribution in [1.29, 1.82) is 0 Å². The van der Waals surface area contributed by atoms with Crippen molar-refractivity contribution >= 4 is 11.6 Å². The topological polar surface area (TPSA) is 70.5 Å². The highest BCUT2D eigenvalue weighted by Crippen LogP contribution is 2.27. The van der Waals surface area contributed by atoms with E-state index in [1.54, 1.807) is 31.4 Å². The van der Waals surface area contributed by atoms with E-state index >= 15 is 0 Å². The van der Waals surface area contributed by atoms with Crippen LogP contribution < -0.4 is 10.5 Å². The Morgan fingerprint density at radius 2 is 2.15 bits per heavy atom. The zero-order chi connectivity index (χ0) is 14.5. The van der Waals surface area contributed by atoms with Gasteiger partial charge in [0.2, 0.25) is 0 Å². The van der Waals surface area contributed by atoms with E-state index in [4.69, 9.17) is 31.3 Å². The molecule has 1 atom stereocenters. The highest BCUT2D eigenvalue weighted by atomic mass is 35.5. The number of rotatable bonds is 6. The molecule has 0 fully saturated rings. The van der Waals surface area contributed by atoms with Gasteiger partial charge in [-0.05, 0) is 25.1 Å². The van der Waals surface area contributed by atoms with Crippen molar-refractivity contribution < 1.29 is 14.0 Å². The lowest BCUT2D eigenvalue weighted by Gasteiger charge is -2.13. The van der Waals surface area contributed by atoms with E-state index in [-0.39, 0.29) is 6.04 Å². The van der Waals surface area contributed by atoms with Gasteiger partial charge in [0.25, 0.3) is 0 Å². The molecule has 0 aliphatic rings. The monoisotopic (exact) mass is 296 g/mol. The molecule has 0 aliphatic carbocycles. The maximum atomic E-state index is 5.96. The van der Waals surface area contributed by atoms with Crippen LogP contribution in [0.5, 0.6) is 5.75 Å². The van der Waals surface area contributed by atoms with Crippen LogP contribution in [0, 0.1) is 0 Å². The van der Waals surface area contributed by atoms with Crippen LogP contribution in [0.15, 0.2) is 28.8 Å². The van der Waals surface area contributed by atoms with E-state index in [1.165, 1.54) is 0 Å². The molecule has 0 saturated carbocycles. The van der Waals surface area contributed by atoms with Gasteiger partial charge in [-0.15, -0.1) is 0 Å². The average molecular weight is 297 g/mol. The van der Waals surface area contributed by atoms with Crippen LogP contribution in [-0.2, 0) is 18.0 Å². The molecule has 2 N–H and O–H groups in total. The SMILES string of the molecule is COCc1cc(COc2ccc(Cl)cc2[C@@H](C)N)no1. The minimum absolute atomic E-state index is 0.162. The Bertz CT molecular complexity index is 569. The minimum Gasteiger partial charge on any atom is -0.487 e. The van der Waals surface area contributed by atoms with Crippen molar-refractivity contribution in [3.63, 3.8) is 0 Å². The molecule has 0 saturated heterocycles. The Morgan fingerprint density at radius 1 is 1.35 bits per heavy atom. The van der Waals surface area contributed by atoms with Crippen LogP contribution in [0.2, 0.25) is 5.02 Å². The van der Waals surface area contributed by atoms with Crippen LogP contribution in [0.3, 0.4) is 0 Å². The molecule has 20 heavy (non-hydrogen) atoms. The second kappa shape index (κ2) is 6.74. The zero-order valence-corrected chi connectivity index (χ0v) is 12.2. The first-order chi connectivity index (χ1) is 9.60. The maximum Gasteiger partial charge on any atom is 0.162 e. The third kappa shape index (κ3) is 3.72. The van der Waals surface area contributed by atoms with Crippen LogP contribution >= 0.6 is 11.6 Å². The summed E-state index contributed by atoms with van der Waals surface area (Å²) in [7, 11) is 1.60. The molecule has 1 aromatic carbocycles. The van der Waals surface area contributed by atoms with Crippen LogP contribution in [0.4, 0.5) is 0 Å². The summed E-state index contributed by atoms with van der Waals surface area (Å²) in [5, 5.41) is 4.54. The molecular formula is C14H17ClN2O3. The van der Waals surface area contributed by atoms with Gasteiger partial charge in [-0.25, -0.2) is 0 Å². The Hall–Kier alpha value is -1.56. The molecule has 2 rings (SSSR count). The van der Waals surface area contributed by atoms with E-state index in [0.717, 1.165) is 5.56 Å². The number of methoxy groups -OCH3 is 1. The summed E-state index contributed by atoms with van der Waals surface area (Å²) >= 11 is 5.96. The molecule has 0 unspecified atom stereocenters. The summed E-state index contributed by atoms with van der Waals surface area (Å²) in [6.07, 6.45) is 0. The number of aromatic nitrogens is 1. The summed E-state index contributed by atoms with van der Waals surface area (Å²) in [6, 6.07) is 7.01. The van der Waals surface area contributed by atoms with Crippen LogP contribution in [0.25, 0.3) is 0 Å². The van der Waals surface area contributed by atoms with Crippen molar-refractivity contribution in [3.05, 3.63) is 46.3 Å². The smallest absolute Gasteiger partial charge is 0.162 e. The number of nitrogens with zero attached hydrogens (tertiary/aromatic N) is 1. The predicted molar refractivity (Wildman–Crippen MR) is 75.6 cm³/mol. The predicted octanol–water partition coefficient (Wildman–Crippen LogP) is 3.07. The number of halogens is 1. The lowest BCUT2D eigenvalue weighted by atomic mass is 10.1. The lowest BCUT2D eigenvalue weighted by molar-refractivity contribution is 0.155. The molecule has 5 nitrogen and oxygen atoms in total. The molecule has 0 amide bonds. The van der Waals surface area contributed by atoms with Gasteiger partial charge in [0.1, 0.15) is 24.7 Å². The maximum absolute atomic E-state index is 5.96. The Labute approximate surface area is 122 Å². The Balaban J connectivity index is 2.06. The number of hydrogen-bond donors (Lipinski definition) is 1. The molecule has 0 radical (unpaired) electrons. The highest BCUT2D eigenvalue weighted by Gasteiger charge is 2.11. The van der Waals surface area contributed by atoms with Gasteiger partial charge < -0.3 is 19.7 Å². The first kappa shape index (κ1) is 14.8. The van der Waals surface area contributed by atoms with E-state index in [9.17, 15) is 0 Å². The van der Waals surface area contributed by atoms with Crippen molar-refractivity contribution in [3.8, 4) is 5.75 Å². The van der Waals surface area contributed by atoms with E-state index in [1.807, 2.05) is 6.92 Å². The van der Waals surface area contributed by atoms with Gasteiger partial charge in [0, 0.05) is 29.8 Å². The molecule has 0 spiro atoms. The number of hydrogen-bond acceptors (Lipinski definition) is 5. The number of nitrogens with two attached hydrogens (primary N) is 1. The van der Waals surface area contributed by atoms with Gasteiger partial charge in [-0.2, -0.15) is 0 Å². The summed E-state index contributed by atoms with van der Waals surface area (Å²) in [6.45, 7) is 2.57. The summed E-state index contributed by atoms with van der Waals surface area (Å²) < 4.78 is 15.8. The van der Waals surface area contributed by atoms with Crippen molar-refractivity contribution in [2.24, 2.45) is 5.73 Å².